The summed E-state index contributed by atoms with van der Waals surface area (Å²) in [6.07, 6.45) is 1.04. The number of halogens is 1. The van der Waals surface area contributed by atoms with Crippen molar-refractivity contribution < 1.29 is 5.11 Å². The van der Waals surface area contributed by atoms with Crippen LogP contribution in [0.2, 0.25) is 0 Å². The zero-order chi connectivity index (χ0) is 8.15. The molecule has 0 aromatic heterocycles. The topological polar surface area (TPSA) is 82.5 Å². The van der Waals surface area contributed by atoms with Gasteiger partial charge in [0.25, 0.3) is 0 Å². The fourth-order valence-electron chi connectivity index (χ4n) is 0.220. The Labute approximate surface area is 63.5 Å². The number of aliphatic imine (C=N–C) groups is 1. The van der Waals surface area contributed by atoms with Gasteiger partial charge in [-0.1, -0.05) is 11.6 Å². The Balaban J connectivity index is 4.16. The average Bonchev–Trinajstić information content (AvgIpc) is 1.82. The van der Waals surface area contributed by atoms with Crippen LogP contribution in [0.3, 0.4) is 0 Å². The molecular formula is C5H8ClN3O. The molecule has 0 amide bonds. The largest absolute Gasteiger partial charge is 0.509 e. The van der Waals surface area contributed by atoms with E-state index in [1.165, 1.54) is 6.92 Å². The smallest absolute Gasteiger partial charge is 0.161 e. The zero-order valence-corrected chi connectivity index (χ0v) is 6.18. The molecule has 0 aromatic carbocycles. The summed E-state index contributed by atoms with van der Waals surface area (Å²) >= 11 is 5.10. The van der Waals surface area contributed by atoms with Crippen molar-refractivity contribution >= 4 is 23.0 Å². The van der Waals surface area contributed by atoms with Crippen molar-refractivity contribution in [2.45, 2.75) is 6.92 Å². The molecular weight excluding hydrogens is 154 g/mol. The first kappa shape index (κ1) is 8.97. The van der Waals surface area contributed by atoms with Crippen LogP contribution in [0.25, 0.3) is 0 Å². The Bertz CT molecular complexity index is 193. The molecule has 0 unspecified atom stereocenters. The number of aliphatic hydroxyl groups excluding tert-OH is 1. The van der Waals surface area contributed by atoms with Crippen LogP contribution < -0.4 is 5.73 Å². The maximum absolute atomic E-state index is 8.66. The Morgan fingerprint density at radius 1 is 1.80 bits per heavy atom. The van der Waals surface area contributed by atoms with Crippen molar-refractivity contribution in [1.82, 2.24) is 0 Å². The highest BCUT2D eigenvalue weighted by molar-refractivity contribution is 6.79. The van der Waals surface area contributed by atoms with Gasteiger partial charge >= 0.3 is 0 Å². The van der Waals surface area contributed by atoms with Crippen molar-refractivity contribution in [3.05, 3.63) is 11.6 Å². The molecule has 0 aliphatic rings. The second kappa shape index (κ2) is 3.90. The normalized spacial score (nSPS) is 13.4. The first-order valence-corrected chi connectivity index (χ1v) is 2.85. The van der Waals surface area contributed by atoms with Crippen molar-refractivity contribution in [3.63, 3.8) is 0 Å². The van der Waals surface area contributed by atoms with Gasteiger partial charge in [0.2, 0.25) is 0 Å². The number of hydrogen-bond donors (Lipinski definition) is 3. The van der Waals surface area contributed by atoms with Crippen molar-refractivity contribution in [2.75, 3.05) is 0 Å². The van der Waals surface area contributed by atoms with Gasteiger partial charge in [-0.05, 0) is 6.92 Å². The van der Waals surface area contributed by atoms with Crippen LogP contribution >= 0.6 is 11.6 Å². The van der Waals surface area contributed by atoms with Gasteiger partial charge in [-0.2, -0.15) is 0 Å². The Hall–Kier alpha value is -1.03. The molecule has 0 aliphatic carbocycles. The lowest BCUT2D eigenvalue weighted by Gasteiger charge is -1.91. The maximum atomic E-state index is 8.66. The van der Waals surface area contributed by atoms with E-state index in [0.29, 0.717) is 0 Å². The highest BCUT2D eigenvalue weighted by Gasteiger charge is 1.89. The van der Waals surface area contributed by atoms with Crippen LogP contribution in [0.1, 0.15) is 6.92 Å². The summed E-state index contributed by atoms with van der Waals surface area (Å²) in [5, 5.41) is 15.1. The van der Waals surface area contributed by atoms with Crippen LogP contribution in [0.15, 0.2) is 16.6 Å². The lowest BCUT2D eigenvalue weighted by molar-refractivity contribution is 0.405. The SMILES string of the molecule is C/C(O)=C(N)\N=C/C(=N)Cl. The molecule has 4 N–H and O–H groups in total. The summed E-state index contributed by atoms with van der Waals surface area (Å²) in [6, 6.07) is 0. The number of rotatable bonds is 2. The number of allylic oxidation sites excluding steroid dienone is 1. The van der Waals surface area contributed by atoms with Gasteiger partial charge in [0, 0.05) is 0 Å². The van der Waals surface area contributed by atoms with E-state index in [-0.39, 0.29) is 16.8 Å². The highest BCUT2D eigenvalue weighted by atomic mass is 35.5. The quantitative estimate of drug-likeness (QED) is 0.417. The summed E-state index contributed by atoms with van der Waals surface area (Å²) in [6.45, 7) is 1.39. The molecule has 0 aliphatic heterocycles. The van der Waals surface area contributed by atoms with E-state index in [9.17, 15) is 0 Å². The summed E-state index contributed by atoms with van der Waals surface area (Å²) < 4.78 is 0. The van der Waals surface area contributed by atoms with Crippen LogP contribution in [0.4, 0.5) is 0 Å². The fraction of sp³-hybridized carbons (Fsp3) is 0.200. The minimum atomic E-state index is -0.232. The first-order chi connectivity index (χ1) is 4.54. The summed E-state index contributed by atoms with van der Waals surface area (Å²) in [5.74, 6) is -0.125. The molecule has 0 atom stereocenters. The van der Waals surface area contributed by atoms with Crippen LogP contribution in [0.5, 0.6) is 0 Å². The molecule has 56 valence electrons. The van der Waals surface area contributed by atoms with Crippen molar-refractivity contribution in [2.24, 2.45) is 10.7 Å². The zero-order valence-electron chi connectivity index (χ0n) is 5.43. The summed E-state index contributed by atoms with van der Waals surface area (Å²) in [7, 11) is 0. The van der Waals surface area contributed by atoms with E-state index in [1.807, 2.05) is 0 Å². The van der Waals surface area contributed by atoms with Gasteiger partial charge in [0.1, 0.15) is 10.9 Å². The lowest BCUT2D eigenvalue weighted by Crippen LogP contribution is -1.99. The minimum absolute atomic E-state index is 0.0367. The molecule has 5 heteroatoms. The molecule has 0 radical (unpaired) electrons. The third-order valence-electron chi connectivity index (χ3n) is 0.688. The molecule has 0 fully saturated rings. The van der Waals surface area contributed by atoms with E-state index in [0.717, 1.165) is 6.21 Å². The van der Waals surface area contributed by atoms with E-state index in [4.69, 9.17) is 27.9 Å². The Kier molecular flexibility index (Phi) is 3.49. The molecule has 4 nitrogen and oxygen atoms in total. The molecule has 0 spiro atoms. The Morgan fingerprint density at radius 2 is 2.30 bits per heavy atom. The number of nitrogens with zero attached hydrogens (tertiary/aromatic N) is 1. The number of aliphatic hydroxyl groups is 1. The van der Waals surface area contributed by atoms with Gasteiger partial charge in [0.05, 0.1) is 6.21 Å². The van der Waals surface area contributed by atoms with E-state index >= 15 is 0 Å². The van der Waals surface area contributed by atoms with Crippen molar-refractivity contribution in [3.8, 4) is 0 Å². The monoisotopic (exact) mass is 161 g/mol. The molecule has 10 heavy (non-hydrogen) atoms. The molecule has 0 saturated carbocycles. The standard InChI is InChI=1S/C5H8ClN3O/c1-3(10)5(8)9-2-4(6)7/h2,7,10H,8H2,1H3/b5-3+,7-4?,9-2-. The van der Waals surface area contributed by atoms with Crippen LogP contribution in [-0.4, -0.2) is 16.5 Å². The number of hydrogen-bond acceptors (Lipinski definition) is 4. The predicted molar refractivity (Wildman–Crippen MR) is 41.6 cm³/mol. The van der Waals surface area contributed by atoms with Gasteiger partial charge in [-0.3, -0.25) is 5.41 Å². The average molecular weight is 162 g/mol. The second-order valence-electron chi connectivity index (χ2n) is 1.58. The van der Waals surface area contributed by atoms with E-state index < -0.39 is 0 Å². The summed E-state index contributed by atoms with van der Waals surface area (Å²) in [5.41, 5.74) is 5.14. The fourth-order valence-corrected chi connectivity index (χ4v) is 0.268. The molecule has 0 saturated heterocycles. The first-order valence-electron chi connectivity index (χ1n) is 2.47. The van der Waals surface area contributed by atoms with Crippen LogP contribution in [0, 0.1) is 5.41 Å². The second-order valence-corrected chi connectivity index (χ2v) is 1.98. The molecule has 0 rings (SSSR count). The van der Waals surface area contributed by atoms with E-state index in [2.05, 4.69) is 4.99 Å². The number of nitrogens with one attached hydrogen (secondary N) is 1. The maximum Gasteiger partial charge on any atom is 0.161 e. The minimum Gasteiger partial charge on any atom is -0.509 e. The van der Waals surface area contributed by atoms with Gasteiger partial charge in [0.15, 0.2) is 5.82 Å². The molecule has 0 aromatic rings. The van der Waals surface area contributed by atoms with Crippen LogP contribution in [-0.2, 0) is 0 Å². The van der Waals surface area contributed by atoms with Crippen molar-refractivity contribution in [1.29, 1.82) is 5.41 Å². The summed E-state index contributed by atoms with van der Waals surface area (Å²) in [4.78, 5) is 3.45. The van der Waals surface area contributed by atoms with Gasteiger partial charge in [-0.15, -0.1) is 0 Å². The highest BCUT2D eigenvalue weighted by Crippen LogP contribution is 1.92. The third kappa shape index (κ3) is 3.91. The number of nitrogens with two attached hydrogens (primary N) is 1. The molecule has 0 heterocycles. The molecule has 0 bridgehead atoms. The van der Waals surface area contributed by atoms with Gasteiger partial charge < -0.3 is 10.8 Å². The Morgan fingerprint density at radius 3 is 2.60 bits per heavy atom. The van der Waals surface area contributed by atoms with Gasteiger partial charge in [-0.25, -0.2) is 4.99 Å². The lowest BCUT2D eigenvalue weighted by atomic mass is 10.5. The predicted octanol–water partition coefficient (Wildman–Crippen LogP) is 0.979. The third-order valence-corrected chi connectivity index (χ3v) is 0.785. The van der Waals surface area contributed by atoms with E-state index in [1.54, 1.807) is 0 Å².